The summed E-state index contributed by atoms with van der Waals surface area (Å²) in [6, 6.07) is 1.65. The molecule has 18 heavy (non-hydrogen) atoms. The average molecular weight is 248 g/mol. The van der Waals surface area contributed by atoms with Crippen molar-refractivity contribution in [3.63, 3.8) is 0 Å². The normalized spacial score (nSPS) is 15.9. The summed E-state index contributed by atoms with van der Waals surface area (Å²) in [5, 5.41) is 2.41. The fraction of sp³-hybridized carbons (Fsp3) is 0.500. The third kappa shape index (κ3) is 3.26. The van der Waals surface area contributed by atoms with Gasteiger partial charge < -0.3 is 4.90 Å². The van der Waals surface area contributed by atoms with Crippen LogP contribution < -0.4 is 5.32 Å². The quantitative estimate of drug-likeness (QED) is 0.746. The van der Waals surface area contributed by atoms with Gasteiger partial charge >= 0.3 is 11.8 Å². The van der Waals surface area contributed by atoms with E-state index in [1.54, 1.807) is 11.0 Å². The molecule has 0 aliphatic carbocycles. The standard InChI is InChI=1S/C12H16N4O2/c17-10(15-12-13-6-5-7-14-12)11(18)16-8-3-1-2-4-9-16/h5-7H,1-4,8-9H2,(H,13,14,15,17). The van der Waals surface area contributed by atoms with Crippen molar-refractivity contribution < 1.29 is 9.59 Å². The highest BCUT2D eigenvalue weighted by molar-refractivity contribution is 6.39. The van der Waals surface area contributed by atoms with Crippen molar-refractivity contribution in [3.8, 4) is 0 Å². The molecule has 6 heteroatoms. The zero-order valence-corrected chi connectivity index (χ0v) is 10.1. The molecule has 0 spiro atoms. The number of rotatable bonds is 1. The summed E-state index contributed by atoms with van der Waals surface area (Å²) >= 11 is 0. The monoisotopic (exact) mass is 248 g/mol. The average Bonchev–Trinajstić information content (AvgIpc) is 2.68. The van der Waals surface area contributed by atoms with Gasteiger partial charge in [0.25, 0.3) is 0 Å². The maximum Gasteiger partial charge on any atom is 0.316 e. The molecule has 1 aliphatic heterocycles. The number of anilines is 1. The number of nitrogens with one attached hydrogen (secondary N) is 1. The lowest BCUT2D eigenvalue weighted by Gasteiger charge is -2.18. The highest BCUT2D eigenvalue weighted by Gasteiger charge is 2.23. The summed E-state index contributed by atoms with van der Waals surface area (Å²) < 4.78 is 0. The number of amides is 2. The molecular formula is C12H16N4O2. The van der Waals surface area contributed by atoms with Crippen LogP contribution in [0.1, 0.15) is 25.7 Å². The Kier molecular flexibility index (Phi) is 4.22. The topological polar surface area (TPSA) is 75.2 Å². The molecule has 0 unspecified atom stereocenters. The highest BCUT2D eigenvalue weighted by atomic mass is 16.2. The Morgan fingerprint density at radius 2 is 1.67 bits per heavy atom. The van der Waals surface area contributed by atoms with Gasteiger partial charge in [-0.2, -0.15) is 0 Å². The van der Waals surface area contributed by atoms with Crippen molar-refractivity contribution >= 4 is 17.8 Å². The van der Waals surface area contributed by atoms with E-state index in [1.165, 1.54) is 12.4 Å². The second-order valence-corrected chi connectivity index (χ2v) is 4.23. The predicted octanol–water partition coefficient (Wildman–Crippen LogP) is 0.818. The second kappa shape index (κ2) is 6.09. The maximum atomic E-state index is 11.9. The van der Waals surface area contributed by atoms with E-state index in [1.807, 2.05) is 0 Å². The summed E-state index contributed by atoms with van der Waals surface area (Å²) in [6.45, 7) is 1.31. The van der Waals surface area contributed by atoms with Gasteiger partial charge in [-0.3, -0.25) is 14.9 Å². The molecule has 1 N–H and O–H groups in total. The van der Waals surface area contributed by atoms with Crippen LogP contribution in [0.25, 0.3) is 0 Å². The molecule has 1 aromatic rings. The third-order valence-electron chi connectivity index (χ3n) is 2.88. The first-order chi connectivity index (χ1) is 8.77. The van der Waals surface area contributed by atoms with Crippen LogP contribution in [0.5, 0.6) is 0 Å². The molecule has 2 heterocycles. The van der Waals surface area contributed by atoms with Crippen molar-refractivity contribution in [3.05, 3.63) is 18.5 Å². The molecule has 2 rings (SSSR count). The fourth-order valence-electron chi connectivity index (χ4n) is 1.94. The molecule has 96 valence electrons. The minimum atomic E-state index is -0.664. The van der Waals surface area contributed by atoms with E-state index in [0.717, 1.165) is 25.7 Å². The van der Waals surface area contributed by atoms with E-state index in [9.17, 15) is 9.59 Å². The van der Waals surface area contributed by atoms with Gasteiger partial charge in [-0.15, -0.1) is 0 Å². The van der Waals surface area contributed by atoms with Gasteiger partial charge in [-0.05, 0) is 18.9 Å². The van der Waals surface area contributed by atoms with E-state index >= 15 is 0 Å². The lowest BCUT2D eigenvalue weighted by Crippen LogP contribution is -2.40. The predicted molar refractivity (Wildman–Crippen MR) is 65.7 cm³/mol. The van der Waals surface area contributed by atoms with Crippen LogP contribution in [0.15, 0.2) is 18.5 Å². The Labute approximate surface area is 105 Å². The molecular weight excluding hydrogens is 232 g/mol. The largest absolute Gasteiger partial charge is 0.334 e. The van der Waals surface area contributed by atoms with Gasteiger partial charge in [0.15, 0.2) is 0 Å². The molecule has 0 atom stereocenters. The van der Waals surface area contributed by atoms with Crippen molar-refractivity contribution in [2.24, 2.45) is 0 Å². The first-order valence-corrected chi connectivity index (χ1v) is 6.14. The minimum Gasteiger partial charge on any atom is -0.334 e. The van der Waals surface area contributed by atoms with E-state index in [2.05, 4.69) is 15.3 Å². The van der Waals surface area contributed by atoms with Crippen molar-refractivity contribution in [2.45, 2.75) is 25.7 Å². The van der Waals surface area contributed by atoms with Crippen LogP contribution >= 0.6 is 0 Å². The Bertz CT molecular complexity index is 413. The van der Waals surface area contributed by atoms with Crippen molar-refractivity contribution in [1.29, 1.82) is 0 Å². The first kappa shape index (κ1) is 12.5. The van der Waals surface area contributed by atoms with E-state index < -0.39 is 11.8 Å². The van der Waals surface area contributed by atoms with Gasteiger partial charge in [0.2, 0.25) is 5.95 Å². The lowest BCUT2D eigenvalue weighted by atomic mass is 10.2. The molecule has 6 nitrogen and oxygen atoms in total. The summed E-state index contributed by atoms with van der Waals surface area (Å²) in [7, 11) is 0. The van der Waals surface area contributed by atoms with Crippen LogP contribution in [0.3, 0.4) is 0 Å². The van der Waals surface area contributed by atoms with Crippen LogP contribution in [0.4, 0.5) is 5.95 Å². The van der Waals surface area contributed by atoms with E-state index in [-0.39, 0.29) is 5.95 Å². The van der Waals surface area contributed by atoms with Crippen molar-refractivity contribution in [1.82, 2.24) is 14.9 Å². The number of nitrogens with zero attached hydrogens (tertiary/aromatic N) is 3. The number of carbonyl (C=O) groups is 2. The number of likely N-dealkylation sites (tertiary alicyclic amines) is 1. The zero-order valence-electron chi connectivity index (χ0n) is 10.1. The van der Waals surface area contributed by atoms with Crippen molar-refractivity contribution in [2.75, 3.05) is 18.4 Å². The summed E-state index contributed by atoms with van der Waals surface area (Å²) in [5.74, 6) is -1.00. The van der Waals surface area contributed by atoms with Gasteiger partial charge in [-0.1, -0.05) is 12.8 Å². The number of carbonyl (C=O) groups excluding carboxylic acids is 2. The Balaban J connectivity index is 1.93. The summed E-state index contributed by atoms with van der Waals surface area (Å²) in [4.78, 5) is 33.0. The minimum absolute atomic E-state index is 0.158. The van der Waals surface area contributed by atoms with Crippen LogP contribution in [-0.4, -0.2) is 39.8 Å². The Morgan fingerprint density at radius 3 is 2.28 bits per heavy atom. The van der Waals surface area contributed by atoms with Gasteiger partial charge in [0, 0.05) is 25.5 Å². The smallest absolute Gasteiger partial charge is 0.316 e. The number of hydrogen-bond donors (Lipinski definition) is 1. The van der Waals surface area contributed by atoms with Crippen LogP contribution in [-0.2, 0) is 9.59 Å². The molecule has 0 radical (unpaired) electrons. The molecule has 1 fully saturated rings. The zero-order chi connectivity index (χ0) is 12.8. The van der Waals surface area contributed by atoms with Gasteiger partial charge in [-0.25, -0.2) is 9.97 Å². The molecule has 1 aliphatic rings. The third-order valence-corrected chi connectivity index (χ3v) is 2.88. The molecule has 0 aromatic carbocycles. The van der Waals surface area contributed by atoms with Gasteiger partial charge in [0.05, 0.1) is 0 Å². The molecule has 1 saturated heterocycles. The summed E-state index contributed by atoms with van der Waals surface area (Å²) in [6.07, 6.45) is 7.18. The SMILES string of the molecule is O=C(Nc1ncccn1)C(=O)N1CCCCCC1. The second-order valence-electron chi connectivity index (χ2n) is 4.23. The highest BCUT2D eigenvalue weighted by Crippen LogP contribution is 2.10. The van der Waals surface area contributed by atoms with Crippen LogP contribution in [0.2, 0.25) is 0 Å². The van der Waals surface area contributed by atoms with Gasteiger partial charge in [0.1, 0.15) is 0 Å². The molecule has 0 saturated carbocycles. The first-order valence-electron chi connectivity index (χ1n) is 6.14. The van der Waals surface area contributed by atoms with E-state index in [4.69, 9.17) is 0 Å². The number of hydrogen-bond acceptors (Lipinski definition) is 4. The maximum absolute atomic E-state index is 11.9. The summed E-state index contributed by atoms with van der Waals surface area (Å²) in [5.41, 5.74) is 0. The van der Waals surface area contributed by atoms with Crippen LogP contribution in [0, 0.1) is 0 Å². The Hall–Kier alpha value is -1.98. The molecule has 2 amide bonds. The fourth-order valence-corrected chi connectivity index (χ4v) is 1.94. The van der Waals surface area contributed by atoms with E-state index in [0.29, 0.717) is 13.1 Å². The number of aromatic nitrogens is 2. The lowest BCUT2D eigenvalue weighted by molar-refractivity contribution is -0.143. The Morgan fingerprint density at radius 1 is 1.06 bits per heavy atom. The molecule has 0 bridgehead atoms. The molecule has 1 aromatic heterocycles.